The van der Waals surface area contributed by atoms with Crippen molar-refractivity contribution in [3.8, 4) is 0 Å². The molecule has 0 aliphatic heterocycles. The number of aliphatic hydroxyl groups excluding tert-OH is 2. The Balaban J connectivity index is 3.84. The van der Waals surface area contributed by atoms with Crippen molar-refractivity contribution in [2.24, 2.45) is 0 Å². The Morgan fingerprint density at radius 3 is 2.44 bits per heavy atom. The third-order valence-corrected chi connectivity index (χ3v) is 3.10. The summed E-state index contributed by atoms with van der Waals surface area (Å²) in [6, 6.07) is 0. The Hall–Kier alpha value is -1.05. The van der Waals surface area contributed by atoms with E-state index in [1.54, 1.807) is 11.8 Å². The van der Waals surface area contributed by atoms with E-state index < -0.39 is 18.4 Å². The Morgan fingerprint density at radius 2 is 1.89 bits per heavy atom. The van der Waals surface area contributed by atoms with Crippen LogP contribution in [-0.2, 0) is 9.59 Å². The number of carbonyl (C=O) groups is 2. The van der Waals surface area contributed by atoms with Gasteiger partial charge in [0.2, 0.25) is 11.8 Å². The molecule has 104 valence electrons. The van der Waals surface area contributed by atoms with Crippen LogP contribution >= 0.6 is 11.8 Å². The fourth-order valence-corrected chi connectivity index (χ4v) is 1.83. The van der Waals surface area contributed by atoms with Crippen molar-refractivity contribution >= 4 is 23.6 Å². The summed E-state index contributed by atoms with van der Waals surface area (Å²) in [5.41, 5.74) is 0. The second kappa shape index (κ2) is 9.93. The number of carbonyl (C=O) groups excluding carboxylic acids is 2. The van der Waals surface area contributed by atoms with E-state index in [0.29, 0.717) is 5.75 Å². The first-order valence-electron chi connectivity index (χ1n) is 5.67. The second-order valence-electron chi connectivity index (χ2n) is 3.53. The Morgan fingerprint density at radius 1 is 1.28 bits per heavy atom. The van der Waals surface area contributed by atoms with Gasteiger partial charge in [0.15, 0.2) is 12.5 Å². The van der Waals surface area contributed by atoms with Gasteiger partial charge in [-0.15, -0.1) is 0 Å². The van der Waals surface area contributed by atoms with Gasteiger partial charge >= 0.3 is 0 Å². The molecule has 7 heteroatoms. The maximum atomic E-state index is 11.3. The lowest BCUT2D eigenvalue weighted by Gasteiger charge is -2.19. The van der Waals surface area contributed by atoms with Crippen LogP contribution in [0, 0.1) is 0 Å². The Kier molecular flexibility index (Phi) is 9.35. The van der Waals surface area contributed by atoms with E-state index in [1.807, 2.05) is 5.32 Å². The van der Waals surface area contributed by atoms with Crippen LogP contribution in [0.5, 0.6) is 0 Å². The fourth-order valence-electron chi connectivity index (χ4n) is 1.01. The highest BCUT2D eigenvalue weighted by Crippen LogP contribution is 2.03. The fraction of sp³-hybridized carbons (Fsp3) is 0.636. The number of hydrogen-bond acceptors (Lipinski definition) is 5. The van der Waals surface area contributed by atoms with Gasteiger partial charge in [-0.2, -0.15) is 11.8 Å². The largest absolute Gasteiger partial charge is 0.369 e. The molecule has 2 amide bonds. The average Bonchev–Trinajstić information content (AvgIpc) is 2.34. The lowest BCUT2D eigenvalue weighted by molar-refractivity contribution is -0.131. The summed E-state index contributed by atoms with van der Waals surface area (Å²) >= 11 is 1.64. The standard InChI is InChI=1S/C11H20N2O4S/c1-3-6-18-7-5-9(15)13-11(17)10(16)12-8(14)4-2/h4,10-11,16-17H,2-3,5-7H2,1H3,(H,12,14)(H,13,15). The number of hydrogen-bond donors (Lipinski definition) is 4. The molecule has 4 N–H and O–H groups in total. The van der Waals surface area contributed by atoms with E-state index in [1.165, 1.54) is 0 Å². The summed E-state index contributed by atoms with van der Waals surface area (Å²) in [5, 5.41) is 23.0. The SMILES string of the molecule is C=CC(=O)NC(O)C(O)NC(=O)CCSCCC. The molecule has 0 fully saturated rings. The molecular weight excluding hydrogens is 256 g/mol. The number of thioether (sulfide) groups is 1. The van der Waals surface area contributed by atoms with Crippen LogP contribution in [-0.4, -0.2) is 46.0 Å². The minimum atomic E-state index is -1.55. The van der Waals surface area contributed by atoms with Crippen molar-refractivity contribution in [2.45, 2.75) is 32.2 Å². The van der Waals surface area contributed by atoms with E-state index in [9.17, 15) is 19.8 Å². The molecule has 0 aromatic heterocycles. The monoisotopic (exact) mass is 276 g/mol. The van der Waals surface area contributed by atoms with Gasteiger partial charge in [0, 0.05) is 12.2 Å². The van der Waals surface area contributed by atoms with Crippen molar-refractivity contribution in [1.29, 1.82) is 0 Å². The smallest absolute Gasteiger partial charge is 0.245 e. The summed E-state index contributed by atoms with van der Waals surface area (Å²) in [7, 11) is 0. The molecule has 0 saturated heterocycles. The molecule has 0 rings (SSSR count). The van der Waals surface area contributed by atoms with Crippen LogP contribution in [0.15, 0.2) is 12.7 Å². The summed E-state index contributed by atoms with van der Waals surface area (Å²) in [4.78, 5) is 22.2. The summed E-state index contributed by atoms with van der Waals surface area (Å²) in [5.74, 6) is 0.627. The molecule has 0 spiro atoms. The van der Waals surface area contributed by atoms with Crippen LogP contribution in [0.25, 0.3) is 0 Å². The van der Waals surface area contributed by atoms with Gasteiger partial charge < -0.3 is 20.8 Å². The predicted molar refractivity (Wildman–Crippen MR) is 70.7 cm³/mol. The van der Waals surface area contributed by atoms with E-state index >= 15 is 0 Å². The van der Waals surface area contributed by atoms with Gasteiger partial charge in [0.05, 0.1) is 0 Å². The molecule has 2 atom stereocenters. The van der Waals surface area contributed by atoms with Crippen molar-refractivity contribution in [2.75, 3.05) is 11.5 Å². The zero-order chi connectivity index (χ0) is 14.0. The van der Waals surface area contributed by atoms with Crippen LogP contribution in [0.1, 0.15) is 19.8 Å². The number of amides is 2. The number of rotatable bonds is 9. The van der Waals surface area contributed by atoms with Crippen LogP contribution in [0.3, 0.4) is 0 Å². The molecule has 0 aromatic rings. The first kappa shape index (κ1) is 16.9. The molecule has 0 bridgehead atoms. The van der Waals surface area contributed by atoms with Gasteiger partial charge in [-0.1, -0.05) is 13.5 Å². The highest BCUT2D eigenvalue weighted by atomic mass is 32.2. The first-order chi connectivity index (χ1) is 8.51. The minimum Gasteiger partial charge on any atom is -0.369 e. The van der Waals surface area contributed by atoms with E-state index in [-0.39, 0.29) is 12.3 Å². The quantitative estimate of drug-likeness (QED) is 0.260. The summed E-state index contributed by atoms with van der Waals surface area (Å²) in [6.45, 7) is 5.25. The predicted octanol–water partition coefficient (Wildman–Crippen LogP) is -0.425. The van der Waals surface area contributed by atoms with Crippen molar-refractivity contribution < 1.29 is 19.8 Å². The third-order valence-electron chi connectivity index (χ3n) is 1.91. The molecule has 0 radical (unpaired) electrons. The number of nitrogens with one attached hydrogen (secondary N) is 2. The maximum absolute atomic E-state index is 11.3. The van der Waals surface area contributed by atoms with Crippen molar-refractivity contribution in [3.63, 3.8) is 0 Å². The van der Waals surface area contributed by atoms with Gasteiger partial charge in [0.1, 0.15) is 0 Å². The number of aliphatic hydroxyl groups is 2. The molecule has 6 nitrogen and oxygen atoms in total. The van der Waals surface area contributed by atoms with Crippen LogP contribution in [0.4, 0.5) is 0 Å². The van der Waals surface area contributed by atoms with E-state index in [0.717, 1.165) is 18.2 Å². The molecule has 0 aliphatic carbocycles. The zero-order valence-corrected chi connectivity index (χ0v) is 11.2. The molecule has 0 saturated carbocycles. The van der Waals surface area contributed by atoms with E-state index in [4.69, 9.17) is 0 Å². The third kappa shape index (κ3) is 8.10. The Bertz CT molecular complexity index is 286. The normalized spacial score (nSPS) is 13.5. The molecule has 0 heterocycles. The summed E-state index contributed by atoms with van der Waals surface area (Å²) < 4.78 is 0. The average molecular weight is 276 g/mol. The minimum absolute atomic E-state index is 0.254. The highest BCUT2D eigenvalue weighted by molar-refractivity contribution is 7.99. The second-order valence-corrected chi connectivity index (χ2v) is 4.76. The van der Waals surface area contributed by atoms with Crippen LogP contribution in [0.2, 0.25) is 0 Å². The van der Waals surface area contributed by atoms with Crippen LogP contribution < -0.4 is 10.6 Å². The molecule has 0 aromatic carbocycles. The maximum Gasteiger partial charge on any atom is 0.245 e. The van der Waals surface area contributed by atoms with E-state index in [2.05, 4.69) is 18.8 Å². The molecule has 2 unspecified atom stereocenters. The van der Waals surface area contributed by atoms with Gasteiger partial charge in [-0.05, 0) is 18.2 Å². The van der Waals surface area contributed by atoms with Crippen molar-refractivity contribution in [3.05, 3.63) is 12.7 Å². The van der Waals surface area contributed by atoms with Gasteiger partial charge in [-0.3, -0.25) is 9.59 Å². The lowest BCUT2D eigenvalue weighted by Crippen LogP contribution is -2.51. The topological polar surface area (TPSA) is 98.7 Å². The van der Waals surface area contributed by atoms with Crippen molar-refractivity contribution in [1.82, 2.24) is 10.6 Å². The molecule has 0 aliphatic rings. The lowest BCUT2D eigenvalue weighted by atomic mass is 10.4. The summed E-state index contributed by atoms with van der Waals surface area (Å²) in [6.07, 6.45) is -0.829. The highest BCUT2D eigenvalue weighted by Gasteiger charge is 2.19. The molecule has 18 heavy (non-hydrogen) atoms. The first-order valence-corrected chi connectivity index (χ1v) is 6.82. The zero-order valence-electron chi connectivity index (χ0n) is 10.4. The Labute approximate surface area is 111 Å². The van der Waals surface area contributed by atoms with Gasteiger partial charge in [-0.25, -0.2) is 0 Å². The van der Waals surface area contributed by atoms with Gasteiger partial charge in [0.25, 0.3) is 0 Å². The molecular formula is C11H20N2O4S.